The van der Waals surface area contributed by atoms with Gasteiger partial charge in [0, 0.05) is 11.1 Å². The molecule has 3 rings (SSSR count). The van der Waals surface area contributed by atoms with Gasteiger partial charge in [0.2, 0.25) is 0 Å². The number of aryl methyl sites for hydroxylation is 1. The molecule has 6 nitrogen and oxygen atoms in total. The first-order chi connectivity index (χ1) is 10.7. The van der Waals surface area contributed by atoms with E-state index < -0.39 is 5.91 Å². The Labute approximate surface area is 126 Å². The summed E-state index contributed by atoms with van der Waals surface area (Å²) in [6.07, 6.45) is 4.63. The molecule has 1 aromatic carbocycles. The van der Waals surface area contributed by atoms with E-state index in [1.807, 2.05) is 31.2 Å². The van der Waals surface area contributed by atoms with Crippen molar-refractivity contribution in [2.45, 2.75) is 6.92 Å². The van der Waals surface area contributed by atoms with Crippen LogP contribution in [0.15, 0.2) is 58.4 Å². The highest BCUT2D eigenvalue weighted by molar-refractivity contribution is 5.93. The van der Waals surface area contributed by atoms with E-state index >= 15 is 0 Å². The van der Waals surface area contributed by atoms with Gasteiger partial charge in [0.15, 0.2) is 5.76 Å². The van der Waals surface area contributed by atoms with Crippen LogP contribution in [-0.4, -0.2) is 22.3 Å². The zero-order valence-corrected chi connectivity index (χ0v) is 11.9. The lowest BCUT2D eigenvalue weighted by atomic mass is 10.1. The number of hydrogen-bond donors (Lipinski definition) is 2. The maximum atomic E-state index is 11.7. The molecule has 1 amide bonds. The largest absolute Gasteiger partial charge is 0.459 e. The van der Waals surface area contributed by atoms with Gasteiger partial charge in [0.25, 0.3) is 0 Å². The Morgan fingerprint density at radius 2 is 2.14 bits per heavy atom. The topological polar surface area (TPSA) is 83.3 Å². The molecule has 0 unspecified atom stereocenters. The van der Waals surface area contributed by atoms with Gasteiger partial charge in [-0.1, -0.05) is 29.8 Å². The summed E-state index contributed by atoms with van der Waals surface area (Å²) in [6, 6.07) is 11.3. The monoisotopic (exact) mass is 294 g/mol. The van der Waals surface area contributed by atoms with E-state index in [9.17, 15) is 4.79 Å². The first kappa shape index (κ1) is 13.8. The molecule has 0 saturated carbocycles. The Morgan fingerprint density at radius 1 is 1.32 bits per heavy atom. The predicted molar refractivity (Wildman–Crippen MR) is 82.5 cm³/mol. The summed E-state index contributed by atoms with van der Waals surface area (Å²) >= 11 is 0. The molecule has 0 spiro atoms. The zero-order valence-electron chi connectivity index (χ0n) is 11.9. The van der Waals surface area contributed by atoms with E-state index in [1.54, 1.807) is 24.5 Å². The molecule has 0 atom stereocenters. The number of rotatable bonds is 4. The van der Waals surface area contributed by atoms with Gasteiger partial charge in [-0.3, -0.25) is 9.89 Å². The summed E-state index contributed by atoms with van der Waals surface area (Å²) in [7, 11) is 0. The minimum absolute atomic E-state index is 0.211. The highest BCUT2D eigenvalue weighted by Crippen LogP contribution is 2.20. The number of carbonyl (C=O) groups excluding carboxylic acids is 1. The second-order valence-corrected chi connectivity index (χ2v) is 4.74. The summed E-state index contributed by atoms with van der Waals surface area (Å²) in [5.41, 5.74) is 6.22. The van der Waals surface area contributed by atoms with Crippen molar-refractivity contribution in [1.29, 1.82) is 0 Å². The summed E-state index contributed by atoms with van der Waals surface area (Å²) < 4.78 is 4.98. The summed E-state index contributed by atoms with van der Waals surface area (Å²) in [4.78, 5) is 11.7. The first-order valence-corrected chi connectivity index (χ1v) is 6.71. The number of hydrazone groups is 1. The van der Waals surface area contributed by atoms with Crippen LogP contribution in [0.3, 0.4) is 0 Å². The number of H-pyrrole nitrogens is 1. The number of benzene rings is 1. The fraction of sp³-hybridized carbons (Fsp3) is 0.0625. The van der Waals surface area contributed by atoms with Crippen molar-refractivity contribution in [3.05, 3.63) is 65.7 Å². The molecule has 3 aromatic rings. The van der Waals surface area contributed by atoms with Crippen molar-refractivity contribution >= 4 is 12.1 Å². The molecule has 0 fully saturated rings. The average molecular weight is 294 g/mol. The number of furan rings is 1. The third-order valence-corrected chi connectivity index (χ3v) is 3.12. The Kier molecular flexibility index (Phi) is 3.82. The van der Waals surface area contributed by atoms with E-state index in [1.165, 1.54) is 11.8 Å². The van der Waals surface area contributed by atoms with Gasteiger partial charge in [-0.15, -0.1) is 0 Å². The SMILES string of the molecule is Cc1ccc(-c2[nH]ncc2/C=N/NC(=O)c2ccco2)cc1. The molecule has 0 aliphatic carbocycles. The number of carbonyl (C=O) groups is 1. The minimum atomic E-state index is -0.401. The number of amides is 1. The molecule has 22 heavy (non-hydrogen) atoms. The van der Waals surface area contributed by atoms with Gasteiger partial charge in [-0.2, -0.15) is 10.2 Å². The second-order valence-electron chi connectivity index (χ2n) is 4.74. The summed E-state index contributed by atoms with van der Waals surface area (Å²) in [5.74, 6) is -0.190. The van der Waals surface area contributed by atoms with Crippen molar-refractivity contribution < 1.29 is 9.21 Å². The second kappa shape index (κ2) is 6.09. The van der Waals surface area contributed by atoms with Crippen molar-refractivity contribution in [3.8, 4) is 11.3 Å². The lowest BCUT2D eigenvalue weighted by molar-refractivity contribution is 0.0927. The molecule has 0 radical (unpaired) electrons. The average Bonchev–Trinajstić information content (AvgIpc) is 3.19. The zero-order chi connectivity index (χ0) is 15.4. The standard InChI is InChI=1S/C16H14N4O2/c1-11-4-6-12(7-5-11)15-13(9-17-19-15)10-18-20-16(21)14-3-2-8-22-14/h2-10H,1H3,(H,17,19)(H,20,21)/b18-10+. The fourth-order valence-electron chi connectivity index (χ4n) is 1.97. The Hall–Kier alpha value is -3.15. The molecule has 0 bridgehead atoms. The van der Waals surface area contributed by atoms with Crippen LogP contribution in [0.5, 0.6) is 0 Å². The van der Waals surface area contributed by atoms with Crippen molar-refractivity contribution in [1.82, 2.24) is 15.6 Å². The van der Waals surface area contributed by atoms with E-state index in [2.05, 4.69) is 20.7 Å². The molecule has 2 heterocycles. The molecule has 0 aliphatic heterocycles. The van der Waals surface area contributed by atoms with Crippen LogP contribution < -0.4 is 5.43 Å². The van der Waals surface area contributed by atoms with Crippen LogP contribution in [0.4, 0.5) is 0 Å². The number of nitrogens with zero attached hydrogens (tertiary/aromatic N) is 2. The first-order valence-electron chi connectivity index (χ1n) is 6.71. The van der Waals surface area contributed by atoms with E-state index in [0.717, 1.165) is 16.8 Å². The third-order valence-electron chi connectivity index (χ3n) is 3.12. The molecular weight excluding hydrogens is 280 g/mol. The van der Waals surface area contributed by atoms with Gasteiger partial charge in [-0.25, -0.2) is 5.43 Å². The highest BCUT2D eigenvalue weighted by Gasteiger charge is 2.08. The molecule has 0 aliphatic rings. The fourth-order valence-corrected chi connectivity index (χ4v) is 1.97. The molecule has 2 N–H and O–H groups in total. The maximum absolute atomic E-state index is 11.7. The van der Waals surface area contributed by atoms with Gasteiger partial charge < -0.3 is 4.42 Å². The van der Waals surface area contributed by atoms with E-state index in [4.69, 9.17) is 4.42 Å². The van der Waals surface area contributed by atoms with Gasteiger partial charge in [-0.05, 0) is 19.1 Å². The van der Waals surface area contributed by atoms with Crippen molar-refractivity contribution in [2.24, 2.45) is 5.10 Å². The van der Waals surface area contributed by atoms with Crippen LogP contribution in [-0.2, 0) is 0 Å². The molecule has 2 aromatic heterocycles. The number of hydrogen-bond acceptors (Lipinski definition) is 4. The van der Waals surface area contributed by atoms with Crippen LogP contribution in [0.1, 0.15) is 21.7 Å². The Morgan fingerprint density at radius 3 is 2.86 bits per heavy atom. The van der Waals surface area contributed by atoms with Crippen molar-refractivity contribution in [2.75, 3.05) is 0 Å². The van der Waals surface area contributed by atoms with Gasteiger partial charge in [0.1, 0.15) is 0 Å². The predicted octanol–water partition coefficient (Wildman–Crippen LogP) is 2.74. The van der Waals surface area contributed by atoms with E-state index in [-0.39, 0.29) is 5.76 Å². The van der Waals surface area contributed by atoms with Gasteiger partial charge >= 0.3 is 5.91 Å². The van der Waals surface area contributed by atoms with Gasteiger partial charge in [0.05, 0.1) is 24.4 Å². The molecule has 0 saturated heterocycles. The van der Waals surface area contributed by atoms with Crippen LogP contribution in [0, 0.1) is 6.92 Å². The Bertz CT molecular complexity index is 786. The van der Waals surface area contributed by atoms with Crippen LogP contribution in [0.2, 0.25) is 0 Å². The van der Waals surface area contributed by atoms with Crippen LogP contribution >= 0.6 is 0 Å². The Balaban J connectivity index is 1.74. The van der Waals surface area contributed by atoms with Crippen molar-refractivity contribution in [3.63, 3.8) is 0 Å². The third kappa shape index (κ3) is 2.95. The molecule has 110 valence electrons. The van der Waals surface area contributed by atoms with Crippen LogP contribution in [0.25, 0.3) is 11.3 Å². The number of nitrogens with one attached hydrogen (secondary N) is 2. The number of aromatic nitrogens is 2. The quantitative estimate of drug-likeness (QED) is 0.573. The summed E-state index contributed by atoms with van der Waals surface area (Å²) in [5, 5.41) is 10.9. The molecular formula is C16H14N4O2. The van der Waals surface area contributed by atoms with E-state index in [0.29, 0.717) is 0 Å². The number of aromatic amines is 1. The maximum Gasteiger partial charge on any atom is 0.307 e. The molecule has 6 heteroatoms. The lowest BCUT2D eigenvalue weighted by Gasteiger charge is -2.00. The summed E-state index contributed by atoms with van der Waals surface area (Å²) in [6.45, 7) is 2.03. The minimum Gasteiger partial charge on any atom is -0.459 e. The lowest BCUT2D eigenvalue weighted by Crippen LogP contribution is -2.16. The smallest absolute Gasteiger partial charge is 0.307 e. The normalized spacial score (nSPS) is 11.0. The highest BCUT2D eigenvalue weighted by atomic mass is 16.3.